The third kappa shape index (κ3) is 1.04. The molecule has 0 aromatic carbocycles. The maximum atomic E-state index is 10.8. The largest absolute Gasteiger partial charge is 0.477 e. The van der Waals surface area contributed by atoms with E-state index in [2.05, 4.69) is 0 Å². The van der Waals surface area contributed by atoms with Crippen LogP contribution in [0.15, 0.2) is 30.5 Å². The number of carbonyl (C=O) groups is 1. The molecule has 0 radical (unpaired) electrons. The molecule has 4 heteroatoms. The van der Waals surface area contributed by atoms with Crippen LogP contribution in [0.4, 0.5) is 0 Å². The fourth-order valence-electron chi connectivity index (χ4n) is 1.41. The van der Waals surface area contributed by atoms with Crippen LogP contribution in [0.25, 0.3) is 5.52 Å². The first-order valence-electron chi connectivity index (χ1n) is 3.97. The van der Waals surface area contributed by atoms with Crippen LogP contribution in [0, 0.1) is 11.3 Å². The zero-order valence-electron chi connectivity index (χ0n) is 7.14. The Balaban J connectivity index is 2.88. The number of rotatable bonds is 1. The summed E-state index contributed by atoms with van der Waals surface area (Å²) in [5, 5.41) is 17.6. The molecule has 0 bridgehead atoms. The van der Waals surface area contributed by atoms with Gasteiger partial charge >= 0.3 is 5.97 Å². The summed E-state index contributed by atoms with van der Waals surface area (Å²) in [6.07, 6.45) is 1.62. The highest BCUT2D eigenvalue weighted by atomic mass is 16.4. The fraction of sp³-hybridized carbons (Fsp3) is 0. The minimum atomic E-state index is -1.03. The molecule has 0 amide bonds. The summed E-state index contributed by atoms with van der Waals surface area (Å²) in [7, 11) is 0. The summed E-state index contributed by atoms with van der Waals surface area (Å²) in [6, 6.07) is 8.54. The van der Waals surface area contributed by atoms with Gasteiger partial charge in [0.25, 0.3) is 0 Å². The Morgan fingerprint density at radius 1 is 1.50 bits per heavy atom. The Bertz CT molecular complexity index is 549. The standard InChI is InChI=1S/C10H6N2O2/c11-6-7-5-9(10(13)14)12-4-2-1-3-8(7)12/h1-5H,(H,13,14). The molecule has 0 fully saturated rings. The third-order valence-corrected chi connectivity index (χ3v) is 2.02. The molecular weight excluding hydrogens is 180 g/mol. The van der Waals surface area contributed by atoms with Crippen LogP contribution in [0.3, 0.4) is 0 Å². The minimum absolute atomic E-state index is 0.108. The van der Waals surface area contributed by atoms with Crippen molar-refractivity contribution in [1.29, 1.82) is 5.26 Å². The molecule has 14 heavy (non-hydrogen) atoms. The van der Waals surface area contributed by atoms with Crippen molar-refractivity contribution in [3.05, 3.63) is 41.7 Å². The van der Waals surface area contributed by atoms with Gasteiger partial charge < -0.3 is 9.51 Å². The number of aromatic nitrogens is 1. The van der Waals surface area contributed by atoms with E-state index in [0.717, 1.165) is 0 Å². The van der Waals surface area contributed by atoms with Crippen LogP contribution < -0.4 is 0 Å². The number of carboxylic acids is 1. The lowest BCUT2D eigenvalue weighted by Gasteiger charge is -1.95. The lowest BCUT2D eigenvalue weighted by Crippen LogP contribution is -2.00. The molecule has 1 N–H and O–H groups in total. The highest BCUT2D eigenvalue weighted by Gasteiger charge is 2.12. The maximum absolute atomic E-state index is 10.8. The summed E-state index contributed by atoms with van der Waals surface area (Å²) in [5.41, 5.74) is 1.10. The molecule has 0 saturated heterocycles. The van der Waals surface area contributed by atoms with Crippen molar-refractivity contribution < 1.29 is 9.90 Å². The normalized spacial score (nSPS) is 9.93. The van der Waals surface area contributed by atoms with E-state index < -0.39 is 5.97 Å². The van der Waals surface area contributed by atoms with Gasteiger partial charge in [-0.3, -0.25) is 0 Å². The minimum Gasteiger partial charge on any atom is -0.477 e. The lowest BCUT2D eigenvalue weighted by molar-refractivity contribution is 0.0689. The van der Waals surface area contributed by atoms with E-state index in [9.17, 15) is 4.79 Å². The first-order valence-corrected chi connectivity index (χ1v) is 3.97. The van der Waals surface area contributed by atoms with Gasteiger partial charge in [0, 0.05) is 6.20 Å². The Kier molecular flexibility index (Phi) is 1.72. The first kappa shape index (κ1) is 8.32. The average Bonchev–Trinajstić information content (AvgIpc) is 2.56. The maximum Gasteiger partial charge on any atom is 0.352 e. The molecule has 0 aliphatic rings. The highest BCUT2D eigenvalue weighted by Crippen LogP contribution is 2.15. The van der Waals surface area contributed by atoms with Gasteiger partial charge in [-0.2, -0.15) is 5.26 Å². The molecule has 0 aliphatic heterocycles. The molecule has 0 atom stereocenters. The van der Waals surface area contributed by atoms with E-state index in [1.165, 1.54) is 10.5 Å². The predicted octanol–water partition coefficient (Wildman–Crippen LogP) is 1.51. The van der Waals surface area contributed by atoms with Crippen LogP contribution in [-0.4, -0.2) is 15.5 Å². The molecule has 0 unspecified atom stereocenters. The Morgan fingerprint density at radius 3 is 2.93 bits per heavy atom. The van der Waals surface area contributed by atoms with Crippen molar-refractivity contribution in [2.24, 2.45) is 0 Å². The summed E-state index contributed by atoms with van der Waals surface area (Å²) in [6.45, 7) is 0. The van der Waals surface area contributed by atoms with E-state index in [0.29, 0.717) is 11.1 Å². The molecule has 2 aromatic rings. The number of aromatic carboxylic acids is 1. The monoisotopic (exact) mass is 186 g/mol. The molecule has 2 aromatic heterocycles. The molecule has 68 valence electrons. The summed E-state index contributed by atoms with van der Waals surface area (Å²) in [5.74, 6) is -1.03. The molecule has 0 saturated carbocycles. The summed E-state index contributed by atoms with van der Waals surface area (Å²) in [4.78, 5) is 10.8. The van der Waals surface area contributed by atoms with Crippen molar-refractivity contribution in [2.45, 2.75) is 0 Å². The van der Waals surface area contributed by atoms with E-state index in [4.69, 9.17) is 10.4 Å². The van der Waals surface area contributed by atoms with Gasteiger partial charge in [-0.15, -0.1) is 0 Å². The number of pyridine rings is 1. The average molecular weight is 186 g/mol. The summed E-state index contributed by atoms with van der Waals surface area (Å²) < 4.78 is 1.49. The van der Waals surface area contributed by atoms with Gasteiger partial charge in [0.15, 0.2) is 0 Å². The van der Waals surface area contributed by atoms with E-state index in [1.807, 2.05) is 6.07 Å². The SMILES string of the molecule is N#Cc1cc(C(=O)O)n2ccccc12. The fourth-order valence-corrected chi connectivity index (χ4v) is 1.41. The molecule has 4 nitrogen and oxygen atoms in total. The smallest absolute Gasteiger partial charge is 0.352 e. The van der Waals surface area contributed by atoms with Crippen LogP contribution in [0.5, 0.6) is 0 Å². The molecular formula is C10H6N2O2. The van der Waals surface area contributed by atoms with E-state index in [1.54, 1.807) is 24.4 Å². The molecule has 0 aliphatic carbocycles. The lowest BCUT2D eigenvalue weighted by atomic mass is 10.3. The van der Waals surface area contributed by atoms with Crippen molar-refractivity contribution >= 4 is 11.5 Å². The van der Waals surface area contributed by atoms with E-state index >= 15 is 0 Å². The number of nitrogens with zero attached hydrogens (tertiary/aromatic N) is 2. The molecule has 0 spiro atoms. The number of nitriles is 1. The van der Waals surface area contributed by atoms with Crippen LogP contribution in [-0.2, 0) is 0 Å². The van der Waals surface area contributed by atoms with Crippen molar-refractivity contribution in [3.8, 4) is 6.07 Å². The Hall–Kier alpha value is -2.28. The number of hydrogen-bond donors (Lipinski definition) is 1. The van der Waals surface area contributed by atoms with Crippen LogP contribution in [0.1, 0.15) is 16.1 Å². The Morgan fingerprint density at radius 2 is 2.29 bits per heavy atom. The molecule has 2 heterocycles. The zero-order valence-corrected chi connectivity index (χ0v) is 7.14. The molecule has 2 rings (SSSR count). The summed E-state index contributed by atoms with van der Waals surface area (Å²) >= 11 is 0. The van der Waals surface area contributed by atoms with Crippen molar-refractivity contribution in [3.63, 3.8) is 0 Å². The second kappa shape index (κ2) is 2.89. The number of fused-ring (bicyclic) bond motifs is 1. The van der Waals surface area contributed by atoms with Gasteiger partial charge in [0.2, 0.25) is 0 Å². The van der Waals surface area contributed by atoms with Gasteiger partial charge in [-0.05, 0) is 18.2 Å². The second-order valence-corrected chi connectivity index (χ2v) is 2.82. The van der Waals surface area contributed by atoms with Crippen molar-refractivity contribution in [1.82, 2.24) is 4.40 Å². The quantitative estimate of drug-likeness (QED) is 0.734. The third-order valence-electron chi connectivity index (χ3n) is 2.02. The van der Waals surface area contributed by atoms with Gasteiger partial charge in [0.05, 0.1) is 11.1 Å². The number of hydrogen-bond acceptors (Lipinski definition) is 2. The topological polar surface area (TPSA) is 65.5 Å². The van der Waals surface area contributed by atoms with Crippen LogP contribution >= 0.6 is 0 Å². The van der Waals surface area contributed by atoms with Gasteiger partial charge in [0.1, 0.15) is 11.8 Å². The van der Waals surface area contributed by atoms with Crippen molar-refractivity contribution in [2.75, 3.05) is 0 Å². The number of carboxylic acid groups (broad SMARTS) is 1. The highest BCUT2D eigenvalue weighted by molar-refractivity contribution is 5.89. The second-order valence-electron chi connectivity index (χ2n) is 2.82. The zero-order chi connectivity index (χ0) is 10.1. The van der Waals surface area contributed by atoms with Gasteiger partial charge in [-0.25, -0.2) is 4.79 Å². The van der Waals surface area contributed by atoms with Crippen LogP contribution in [0.2, 0.25) is 0 Å². The predicted molar refractivity (Wildman–Crippen MR) is 49.1 cm³/mol. The Labute approximate surface area is 79.6 Å². The van der Waals surface area contributed by atoms with E-state index in [-0.39, 0.29) is 5.69 Å². The first-order chi connectivity index (χ1) is 6.74. The van der Waals surface area contributed by atoms with Gasteiger partial charge in [-0.1, -0.05) is 6.07 Å².